The minimum Gasteiger partial charge on any atom is -0.363 e. The monoisotopic (exact) mass is 618 g/mol. The molecule has 1 aliphatic carbocycles. The molecule has 0 spiro atoms. The molecule has 2 aliphatic heterocycles. The third kappa shape index (κ3) is 8.10. The molecule has 248 valence electrons. The van der Waals surface area contributed by atoms with Gasteiger partial charge in [-0.05, 0) is 54.3 Å². The van der Waals surface area contributed by atoms with Gasteiger partial charge in [0, 0.05) is 26.1 Å². The summed E-state index contributed by atoms with van der Waals surface area (Å²) in [6, 6.07) is -2.71. The van der Waals surface area contributed by atoms with Crippen molar-refractivity contribution in [3.63, 3.8) is 0 Å². The topological polar surface area (TPSA) is 171 Å². The van der Waals surface area contributed by atoms with Crippen LogP contribution in [0.15, 0.2) is 0 Å². The Morgan fingerprint density at radius 2 is 1.59 bits per heavy atom. The van der Waals surface area contributed by atoms with E-state index in [0.717, 1.165) is 6.42 Å². The van der Waals surface area contributed by atoms with E-state index in [1.807, 2.05) is 48.5 Å². The lowest BCUT2D eigenvalue weighted by molar-refractivity contribution is -0.148. The number of carbonyl (C=O) groups is 6. The highest BCUT2D eigenvalue weighted by Crippen LogP contribution is 2.39. The predicted octanol–water partition coefficient (Wildman–Crippen LogP) is 2.09. The molecule has 0 bridgehead atoms. The number of nitrogens with zero attached hydrogens (tertiary/aromatic N) is 2. The summed E-state index contributed by atoms with van der Waals surface area (Å²) in [6.45, 7) is 18.9. The van der Waals surface area contributed by atoms with Crippen molar-refractivity contribution >= 4 is 35.4 Å². The molecule has 12 nitrogen and oxygen atoms in total. The Morgan fingerprint density at radius 3 is 2.09 bits per heavy atom. The van der Waals surface area contributed by atoms with Crippen LogP contribution < -0.4 is 21.7 Å². The van der Waals surface area contributed by atoms with E-state index < -0.39 is 52.6 Å². The van der Waals surface area contributed by atoms with Gasteiger partial charge in [0.1, 0.15) is 17.6 Å². The summed E-state index contributed by atoms with van der Waals surface area (Å²) in [5.41, 5.74) is 2.82. The van der Waals surface area contributed by atoms with E-state index in [1.54, 1.807) is 4.90 Å². The molecule has 44 heavy (non-hydrogen) atoms. The Morgan fingerprint density at radius 1 is 0.977 bits per heavy atom. The number of Topliss-reactive ketones (excluding diaryl/α,β-unsaturated/α-hetero) is 1. The highest BCUT2D eigenvalue weighted by molar-refractivity contribution is 6.39. The van der Waals surface area contributed by atoms with E-state index in [4.69, 9.17) is 5.73 Å². The van der Waals surface area contributed by atoms with Crippen molar-refractivity contribution in [1.29, 1.82) is 0 Å². The molecule has 6 amide bonds. The summed E-state index contributed by atoms with van der Waals surface area (Å²) < 4.78 is 0. The average Bonchev–Trinajstić information content (AvgIpc) is 3.35. The minimum absolute atomic E-state index is 0.0471. The molecule has 5 N–H and O–H groups in total. The van der Waals surface area contributed by atoms with Crippen molar-refractivity contribution in [3.8, 4) is 0 Å². The molecule has 3 atom stereocenters. The predicted molar refractivity (Wildman–Crippen MR) is 166 cm³/mol. The Kier molecular flexibility index (Phi) is 10.2. The van der Waals surface area contributed by atoms with Crippen LogP contribution in [0.5, 0.6) is 0 Å². The van der Waals surface area contributed by atoms with E-state index in [0.29, 0.717) is 51.7 Å². The number of nitrogens with two attached hydrogens (primary N) is 1. The highest BCUT2D eigenvalue weighted by Gasteiger charge is 2.53. The van der Waals surface area contributed by atoms with Crippen LogP contribution in [-0.2, 0) is 24.0 Å². The van der Waals surface area contributed by atoms with Gasteiger partial charge >= 0.3 is 6.03 Å². The molecule has 0 aromatic rings. The van der Waals surface area contributed by atoms with Crippen LogP contribution in [0, 0.1) is 22.2 Å². The van der Waals surface area contributed by atoms with Crippen molar-refractivity contribution in [1.82, 2.24) is 25.8 Å². The van der Waals surface area contributed by atoms with Gasteiger partial charge < -0.3 is 31.5 Å². The molecule has 0 unspecified atom stereocenters. The van der Waals surface area contributed by atoms with E-state index in [-0.39, 0.29) is 28.7 Å². The molecule has 0 aromatic carbocycles. The molecule has 0 aromatic heterocycles. The van der Waals surface area contributed by atoms with Gasteiger partial charge in [-0.25, -0.2) is 4.79 Å². The van der Waals surface area contributed by atoms with Gasteiger partial charge in [0.25, 0.3) is 5.91 Å². The zero-order valence-electron chi connectivity index (χ0n) is 28.1. The Bertz CT molecular complexity index is 1160. The minimum atomic E-state index is -1.34. The highest BCUT2D eigenvalue weighted by atomic mass is 16.2. The van der Waals surface area contributed by atoms with Gasteiger partial charge in [-0.15, -0.1) is 0 Å². The fourth-order valence-corrected chi connectivity index (χ4v) is 6.60. The number of amides is 6. The second kappa shape index (κ2) is 12.7. The van der Waals surface area contributed by atoms with Gasteiger partial charge in [0.05, 0.1) is 6.04 Å². The molecule has 1 saturated carbocycles. The van der Waals surface area contributed by atoms with E-state index in [2.05, 4.69) is 29.8 Å². The second-order valence-electron chi connectivity index (χ2n) is 16.2. The maximum atomic E-state index is 14.0. The quantitative estimate of drug-likeness (QED) is 0.288. The number of primary amides is 1. The van der Waals surface area contributed by atoms with Gasteiger partial charge in [-0.2, -0.15) is 0 Å². The van der Waals surface area contributed by atoms with Crippen molar-refractivity contribution in [2.45, 2.75) is 125 Å². The van der Waals surface area contributed by atoms with Gasteiger partial charge in [0.2, 0.25) is 23.5 Å². The zero-order valence-corrected chi connectivity index (χ0v) is 28.1. The summed E-state index contributed by atoms with van der Waals surface area (Å²) >= 11 is 0. The number of nitrogens with one attached hydrogen (secondary N) is 3. The van der Waals surface area contributed by atoms with E-state index in [1.165, 1.54) is 4.90 Å². The van der Waals surface area contributed by atoms with Crippen molar-refractivity contribution in [2.24, 2.45) is 27.9 Å². The third-order valence-corrected chi connectivity index (χ3v) is 9.44. The Balaban J connectivity index is 1.73. The lowest BCUT2D eigenvalue weighted by Crippen LogP contribution is -2.67. The SMILES string of the molecule is CC1CC(NC(=O)[C@@H]2CCCN2C(=O)[C@@H](NC(=O)N[C@H](CN2CCC(C)(C)CC2=O)C(C)(C)C)C(C)(C)C)(C(=O)C(N)=O)C1. The lowest BCUT2D eigenvalue weighted by Gasteiger charge is -2.45. The molecule has 3 rings (SSSR count). The summed E-state index contributed by atoms with van der Waals surface area (Å²) in [7, 11) is 0. The number of rotatable bonds is 9. The second-order valence-corrected chi connectivity index (χ2v) is 16.2. The molecule has 12 heteroatoms. The van der Waals surface area contributed by atoms with Crippen molar-refractivity contribution < 1.29 is 28.8 Å². The fraction of sp³-hybridized carbons (Fsp3) is 0.812. The fourth-order valence-electron chi connectivity index (χ4n) is 6.60. The first kappa shape index (κ1) is 35.3. The first-order valence-electron chi connectivity index (χ1n) is 15.9. The maximum Gasteiger partial charge on any atom is 0.315 e. The normalized spacial score (nSPS) is 26.7. The summed E-state index contributed by atoms with van der Waals surface area (Å²) in [6.07, 6.45) is 2.92. The van der Waals surface area contributed by atoms with Crippen molar-refractivity contribution in [2.75, 3.05) is 19.6 Å². The number of urea groups is 1. The van der Waals surface area contributed by atoms with Crippen LogP contribution >= 0.6 is 0 Å². The van der Waals surface area contributed by atoms with Gasteiger partial charge in [0.15, 0.2) is 0 Å². The van der Waals surface area contributed by atoms with Crippen LogP contribution in [0.4, 0.5) is 4.79 Å². The third-order valence-electron chi connectivity index (χ3n) is 9.44. The summed E-state index contributed by atoms with van der Waals surface area (Å²) in [5.74, 6) is -2.62. The van der Waals surface area contributed by atoms with Gasteiger partial charge in [-0.1, -0.05) is 62.3 Å². The maximum absolute atomic E-state index is 14.0. The lowest BCUT2D eigenvalue weighted by atomic mass is 9.66. The molecular weight excluding hydrogens is 564 g/mol. The smallest absolute Gasteiger partial charge is 0.315 e. The van der Waals surface area contributed by atoms with Crippen LogP contribution in [-0.4, -0.2) is 88.5 Å². The largest absolute Gasteiger partial charge is 0.363 e. The Hall–Kier alpha value is -3.18. The van der Waals surface area contributed by atoms with E-state index in [9.17, 15) is 28.8 Å². The average molecular weight is 619 g/mol. The van der Waals surface area contributed by atoms with Crippen LogP contribution in [0.2, 0.25) is 0 Å². The molecule has 2 heterocycles. The number of hydrogen-bond acceptors (Lipinski definition) is 6. The first-order valence-corrected chi connectivity index (χ1v) is 15.9. The molecule has 3 aliphatic rings. The number of ketones is 1. The molecular formula is C32H54N6O6. The summed E-state index contributed by atoms with van der Waals surface area (Å²) in [4.78, 5) is 81.4. The number of piperidine rings is 1. The van der Waals surface area contributed by atoms with Crippen LogP contribution in [0.3, 0.4) is 0 Å². The number of hydrogen-bond donors (Lipinski definition) is 4. The molecule has 3 fully saturated rings. The molecule has 0 radical (unpaired) electrons. The van der Waals surface area contributed by atoms with Crippen LogP contribution in [0.1, 0.15) is 101 Å². The Labute approximate surface area is 262 Å². The number of carbonyl (C=O) groups excluding carboxylic acids is 6. The summed E-state index contributed by atoms with van der Waals surface area (Å²) in [5, 5.41) is 8.66. The first-order chi connectivity index (χ1) is 20.1. The standard InChI is InChI=1S/C32H54N6O6/c1-19-15-32(16-19,24(40)25(33)41)36-26(42)20-11-10-13-38(20)27(43)23(30(5,6)7)35-28(44)34-21(29(2,3)4)18-37-14-12-31(8,9)17-22(37)39/h19-21,23H,10-18H2,1-9H3,(H2,33,41)(H,36,42)(H2,34,35,44)/t19?,20-,21+,23+,32?/m0/s1. The van der Waals surface area contributed by atoms with Crippen LogP contribution in [0.25, 0.3) is 0 Å². The van der Waals surface area contributed by atoms with E-state index >= 15 is 0 Å². The number of likely N-dealkylation sites (tertiary alicyclic amines) is 2. The van der Waals surface area contributed by atoms with Crippen molar-refractivity contribution in [3.05, 3.63) is 0 Å². The van der Waals surface area contributed by atoms with Gasteiger partial charge in [-0.3, -0.25) is 24.0 Å². The molecule has 2 saturated heterocycles. The zero-order chi connectivity index (χ0) is 33.4.